The lowest BCUT2D eigenvalue weighted by Gasteiger charge is -2.13. The molecular formula is C6H13N2O. The Kier molecular flexibility index (Phi) is 2.97. The van der Waals surface area contributed by atoms with Crippen LogP contribution in [0.1, 0.15) is 6.42 Å². The smallest absolute Gasteiger partial charge is 0.135 e. The molecule has 1 aliphatic heterocycles. The summed E-state index contributed by atoms with van der Waals surface area (Å²) in [7, 11) is 0. The van der Waals surface area contributed by atoms with E-state index >= 15 is 0 Å². The van der Waals surface area contributed by atoms with Gasteiger partial charge in [0.2, 0.25) is 0 Å². The van der Waals surface area contributed by atoms with Gasteiger partial charge in [-0.15, -0.1) is 0 Å². The van der Waals surface area contributed by atoms with E-state index < -0.39 is 0 Å². The van der Waals surface area contributed by atoms with Crippen molar-refractivity contribution in [3.63, 3.8) is 0 Å². The molecule has 1 saturated heterocycles. The molecule has 0 aromatic carbocycles. The fraction of sp³-hybridized carbons (Fsp3) is 1.00. The van der Waals surface area contributed by atoms with E-state index in [1.54, 1.807) is 0 Å². The fourth-order valence-electron chi connectivity index (χ4n) is 1.03. The SMILES string of the molecule is [O]CN1CCCNCC1. The number of nitrogens with zero attached hydrogens (tertiary/aromatic N) is 1. The first-order valence-corrected chi connectivity index (χ1v) is 3.44. The second-order valence-corrected chi connectivity index (χ2v) is 2.35. The largest absolute Gasteiger partial charge is 0.315 e. The van der Waals surface area contributed by atoms with Crippen molar-refractivity contribution in [2.75, 3.05) is 32.9 Å². The summed E-state index contributed by atoms with van der Waals surface area (Å²) >= 11 is 0. The normalized spacial score (nSPS) is 23.7. The van der Waals surface area contributed by atoms with E-state index in [1.165, 1.54) is 0 Å². The first kappa shape index (κ1) is 6.99. The molecule has 53 valence electrons. The highest BCUT2D eigenvalue weighted by molar-refractivity contribution is 4.61. The molecule has 1 fully saturated rings. The lowest BCUT2D eigenvalue weighted by atomic mass is 10.4. The summed E-state index contributed by atoms with van der Waals surface area (Å²) in [6.07, 6.45) is 1.11. The lowest BCUT2D eigenvalue weighted by molar-refractivity contribution is 0.0559. The number of rotatable bonds is 1. The topological polar surface area (TPSA) is 35.2 Å². The van der Waals surface area contributed by atoms with Crippen LogP contribution < -0.4 is 5.32 Å². The Labute approximate surface area is 55.7 Å². The van der Waals surface area contributed by atoms with E-state index in [-0.39, 0.29) is 6.73 Å². The molecule has 9 heavy (non-hydrogen) atoms. The molecule has 0 bridgehead atoms. The van der Waals surface area contributed by atoms with Gasteiger partial charge in [-0.3, -0.25) is 4.90 Å². The van der Waals surface area contributed by atoms with Gasteiger partial charge >= 0.3 is 0 Å². The summed E-state index contributed by atoms with van der Waals surface area (Å²) in [5.41, 5.74) is 0. The van der Waals surface area contributed by atoms with E-state index in [9.17, 15) is 5.11 Å². The highest BCUT2D eigenvalue weighted by Crippen LogP contribution is 1.91. The zero-order valence-electron chi connectivity index (χ0n) is 5.60. The van der Waals surface area contributed by atoms with Crippen molar-refractivity contribution in [3.05, 3.63) is 0 Å². The van der Waals surface area contributed by atoms with E-state index in [2.05, 4.69) is 5.32 Å². The first-order valence-electron chi connectivity index (χ1n) is 3.44. The van der Waals surface area contributed by atoms with Crippen LogP contribution in [-0.2, 0) is 5.11 Å². The van der Waals surface area contributed by atoms with Crippen LogP contribution in [0.25, 0.3) is 0 Å². The van der Waals surface area contributed by atoms with Crippen LogP contribution in [0.3, 0.4) is 0 Å². The lowest BCUT2D eigenvalue weighted by Crippen LogP contribution is -2.28. The minimum absolute atomic E-state index is 0.0400. The molecule has 0 unspecified atom stereocenters. The molecule has 1 rings (SSSR count). The average Bonchev–Trinajstić information content (AvgIpc) is 2.13. The van der Waals surface area contributed by atoms with Crippen molar-refractivity contribution in [2.45, 2.75) is 6.42 Å². The monoisotopic (exact) mass is 129 g/mol. The Morgan fingerprint density at radius 1 is 1.33 bits per heavy atom. The van der Waals surface area contributed by atoms with Crippen LogP contribution in [0, 0.1) is 0 Å². The average molecular weight is 129 g/mol. The predicted molar refractivity (Wildman–Crippen MR) is 34.6 cm³/mol. The minimum atomic E-state index is -0.0400. The molecule has 1 aliphatic rings. The first-order chi connectivity index (χ1) is 4.43. The van der Waals surface area contributed by atoms with Gasteiger partial charge in [0.15, 0.2) is 0 Å². The Bertz CT molecular complexity index is 69.5. The van der Waals surface area contributed by atoms with Gasteiger partial charge in [-0.25, -0.2) is 5.11 Å². The van der Waals surface area contributed by atoms with Crippen molar-refractivity contribution in [1.82, 2.24) is 10.2 Å². The summed E-state index contributed by atoms with van der Waals surface area (Å²) < 4.78 is 0. The number of nitrogens with one attached hydrogen (secondary N) is 1. The van der Waals surface area contributed by atoms with Gasteiger partial charge in [-0.1, -0.05) is 0 Å². The molecule has 0 amide bonds. The van der Waals surface area contributed by atoms with Crippen LogP contribution in [-0.4, -0.2) is 37.8 Å². The maximum atomic E-state index is 10.3. The summed E-state index contributed by atoms with van der Waals surface area (Å²) in [5.74, 6) is 0. The second kappa shape index (κ2) is 3.82. The van der Waals surface area contributed by atoms with E-state index in [1.807, 2.05) is 4.90 Å². The van der Waals surface area contributed by atoms with E-state index in [0.717, 1.165) is 32.6 Å². The van der Waals surface area contributed by atoms with E-state index in [0.29, 0.717) is 0 Å². The van der Waals surface area contributed by atoms with Crippen molar-refractivity contribution in [3.8, 4) is 0 Å². The fourth-order valence-corrected chi connectivity index (χ4v) is 1.03. The van der Waals surface area contributed by atoms with Crippen LogP contribution in [0.2, 0.25) is 0 Å². The predicted octanol–water partition coefficient (Wildman–Crippen LogP) is -0.330. The maximum absolute atomic E-state index is 10.3. The zero-order chi connectivity index (χ0) is 6.53. The second-order valence-electron chi connectivity index (χ2n) is 2.35. The van der Waals surface area contributed by atoms with Crippen LogP contribution in [0.5, 0.6) is 0 Å². The molecule has 0 spiro atoms. The zero-order valence-corrected chi connectivity index (χ0v) is 5.60. The van der Waals surface area contributed by atoms with Gasteiger partial charge in [-0.2, -0.15) is 0 Å². The molecule has 0 aromatic heterocycles. The molecule has 3 heteroatoms. The standard InChI is InChI=1S/C6H13N2O/c9-6-8-4-1-2-7-3-5-8/h7H,1-6H2. The van der Waals surface area contributed by atoms with Gasteiger partial charge in [-0.05, 0) is 13.0 Å². The van der Waals surface area contributed by atoms with Crippen LogP contribution in [0.15, 0.2) is 0 Å². The third-order valence-electron chi connectivity index (χ3n) is 1.62. The van der Waals surface area contributed by atoms with Gasteiger partial charge in [0, 0.05) is 19.6 Å². The summed E-state index contributed by atoms with van der Waals surface area (Å²) in [4.78, 5) is 1.93. The molecule has 1 heterocycles. The third-order valence-corrected chi connectivity index (χ3v) is 1.62. The van der Waals surface area contributed by atoms with Crippen LogP contribution >= 0.6 is 0 Å². The Balaban J connectivity index is 2.18. The van der Waals surface area contributed by atoms with Gasteiger partial charge in [0.1, 0.15) is 6.73 Å². The molecule has 0 aliphatic carbocycles. The van der Waals surface area contributed by atoms with Crippen LogP contribution in [0.4, 0.5) is 0 Å². The summed E-state index contributed by atoms with van der Waals surface area (Å²) in [5, 5.41) is 13.6. The Morgan fingerprint density at radius 3 is 3.00 bits per heavy atom. The minimum Gasteiger partial charge on any atom is -0.315 e. The summed E-state index contributed by atoms with van der Waals surface area (Å²) in [6.45, 7) is 3.89. The molecule has 0 atom stereocenters. The van der Waals surface area contributed by atoms with Crippen molar-refractivity contribution in [1.29, 1.82) is 0 Å². The number of hydrogen-bond donors (Lipinski definition) is 1. The number of hydrogen-bond acceptors (Lipinski definition) is 2. The van der Waals surface area contributed by atoms with Crippen molar-refractivity contribution >= 4 is 0 Å². The molecule has 1 radical (unpaired) electrons. The van der Waals surface area contributed by atoms with Crippen molar-refractivity contribution in [2.24, 2.45) is 0 Å². The van der Waals surface area contributed by atoms with Gasteiger partial charge in [0.25, 0.3) is 0 Å². The molecular weight excluding hydrogens is 116 g/mol. The third kappa shape index (κ3) is 2.30. The van der Waals surface area contributed by atoms with Gasteiger partial charge < -0.3 is 5.32 Å². The Morgan fingerprint density at radius 2 is 2.22 bits per heavy atom. The van der Waals surface area contributed by atoms with Crippen molar-refractivity contribution < 1.29 is 5.11 Å². The molecule has 1 N–H and O–H groups in total. The summed E-state index contributed by atoms with van der Waals surface area (Å²) in [6, 6.07) is 0. The van der Waals surface area contributed by atoms with E-state index in [4.69, 9.17) is 0 Å². The van der Waals surface area contributed by atoms with Gasteiger partial charge in [0.05, 0.1) is 0 Å². The molecule has 3 nitrogen and oxygen atoms in total. The quantitative estimate of drug-likeness (QED) is 0.526. The molecule has 0 saturated carbocycles. The highest BCUT2D eigenvalue weighted by Gasteiger charge is 2.05. The Hall–Kier alpha value is -0.120. The molecule has 0 aromatic rings. The highest BCUT2D eigenvalue weighted by atomic mass is 16.3. The maximum Gasteiger partial charge on any atom is 0.135 e.